The molecule has 0 bridgehead atoms. The van der Waals surface area contributed by atoms with Crippen LogP contribution in [0.15, 0.2) is 64.6 Å². The first-order valence-electron chi connectivity index (χ1n) is 10.5. The van der Waals surface area contributed by atoms with Crippen molar-refractivity contribution >= 4 is 39.3 Å². The fourth-order valence-electron chi connectivity index (χ4n) is 3.34. The van der Waals surface area contributed by atoms with Gasteiger partial charge in [0, 0.05) is 17.8 Å². The molecule has 3 aromatic carbocycles. The molecule has 1 amide bonds. The van der Waals surface area contributed by atoms with E-state index < -0.39 is 10.8 Å². The summed E-state index contributed by atoms with van der Waals surface area (Å²) < 4.78 is 11.9. The number of carbonyl (C=O) groups is 1. The van der Waals surface area contributed by atoms with Crippen LogP contribution in [-0.2, 0) is 11.4 Å². The Balaban J connectivity index is 1.82. The number of anilines is 1. The number of nitrogens with zero attached hydrogens (tertiary/aromatic N) is 2. The smallest absolute Gasteiger partial charge is 0.269 e. The maximum absolute atomic E-state index is 12.8. The molecule has 0 aliphatic heterocycles. The Kier molecular flexibility index (Phi) is 8.23. The average molecular weight is 536 g/mol. The van der Waals surface area contributed by atoms with Crippen LogP contribution in [0.4, 0.5) is 11.4 Å². The lowest BCUT2D eigenvalue weighted by Gasteiger charge is -2.14. The molecule has 0 aliphatic carbocycles. The van der Waals surface area contributed by atoms with Gasteiger partial charge in [-0.3, -0.25) is 14.9 Å². The van der Waals surface area contributed by atoms with Gasteiger partial charge in [-0.1, -0.05) is 18.2 Å². The number of methoxy groups -OCH3 is 1. The number of amides is 1. The molecule has 8 nitrogen and oxygen atoms in total. The normalized spacial score (nSPS) is 10.9. The summed E-state index contributed by atoms with van der Waals surface area (Å²) in [4.78, 5) is 23.1. The van der Waals surface area contributed by atoms with Gasteiger partial charge in [0.1, 0.15) is 18.2 Å². The highest BCUT2D eigenvalue weighted by atomic mass is 79.9. The van der Waals surface area contributed by atoms with Crippen molar-refractivity contribution in [2.45, 2.75) is 20.5 Å². The zero-order valence-electron chi connectivity index (χ0n) is 19.3. The first-order valence-corrected chi connectivity index (χ1v) is 11.3. The lowest BCUT2D eigenvalue weighted by atomic mass is 10.1. The molecule has 0 unspecified atom stereocenters. The molecule has 0 aromatic heterocycles. The van der Waals surface area contributed by atoms with E-state index in [0.29, 0.717) is 27.2 Å². The minimum atomic E-state index is -0.515. The number of para-hydroxylation sites is 1. The van der Waals surface area contributed by atoms with Gasteiger partial charge in [0.25, 0.3) is 11.6 Å². The van der Waals surface area contributed by atoms with Crippen LogP contribution in [0.1, 0.15) is 22.3 Å². The molecular formula is C26H22BrN3O5. The zero-order valence-corrected chi connectivity index (χ0v) is 20.9. The van der Waals surface area contributed by atoms with Gasteiger partial charge >= 0.3 is 0 Å². The largest absolute Gasteiger partial charge is 0.493 e. The SMILES string of the molecule is COc1cc(/C=C(/C#N)C(=O)Nc2c(C)cccc2C)cc(Br)c1OCc1ccc([N+](=O)[O-])cc1. The second-order valence-electron chi connectivity index (χ2n) is 7.64. The van der Waals surface area contributed by atoms with E-state index in [-0.39, 0.29) is 17.9 Å². The predicted octanol–water partition coefficient (Wildman–Crippen LogP) is 6.11. The number of nitrogens with one attached hydrogen (secondary N) is 1. The number of benzene rings is 3. The topological polar surface area (TPSA) is 114 Å². The van der Waals surface area contributed by atoms with E-state index in [9.17, 15) is 20.2 Å². The van der Waals surface area contributed by atoms with Gasteiger partial charge in [0.05, 0.1) is 16.5 Å². The first kappa shape index (κ1) is 25.5. The van der Waals surface area contributed by atoms with Crippen LogP contribution in [-0.4, -0.2) is 17.9 Å². The Morgan fingerprint density at radius 1 is 1.17 bits per heavy atom. The summed E-state index contributed by atoms with van der Waals surface area (Å²) in [5.74, 6) is 0.292. The highest BCUT2D eigenvalue weighted by Gasteiger charge is 2.16. The van der Waals surface area contributed by atoms with Crippen LogP contribution in [0, 0.1) is 35.3 Å². The zero-order chi connectivity index (χ0) is 25.5. The Hall–Kier alpha value is -4.16. The number of nitriles is 1. The van der Waals surface area contributed by atoms with Crippen molar-refractivity contribution in [3.05, 3.63) is 97.0 Å². The highest BCUT2D eigenvalue weighted by Crippen LogP contribution is 2.38. The lowest BCUT2D eigenvalue weighted by Crippen LogP contribution is -2.15. The number of rotatable bonds is 8. The molecule has 0 saturated heterocycles. The number of non-ortho nitro benzene ring substituents is 1. The molecule has 178 valence electrons. The maximum Gasteiger partial charge on any atom is 0.269 e. The van der Waals surface area contributed by atoms with Crippen molar-refractivity contribution in [1.29, 1.82) is 5.26 Å². The third kappa shape index (κ3) is 6.25. The number of nitro benzene ring substituents is 1. The summed E-state index contributed by atoms with van der Waals surface area (Å²) in [5, 5.41) is 23.2. The predicted molar refractivity (Wildman–Crippen MR) is 136 cm³/mol. The van der Waals surface area contributed by atoms with E-state index in [1.54, 1.807) is 24.3 Å². The Bertz CT molecular complexity index is 1320. The van der Waals surface area contributed by atoms with Crippen LogP contribution in [0.2, 0.25) is 0 Å². The minimum Gasteiger partial charge on any atom is -0.493 e. The fourth-order valence-corrected chi connectivity index (χ4v) is 3.91. The van der Waals surface area contributed by atoms with Gasteiger partial charge in [0.2, 0.25) is 0 Å². The second-order valence-corrected chi connectivity index (χ2v) is 8.49. The van der Waals surface area contributed by atoms with Gasteiger partial charge in [0.15, 0.2) is 11.5 Å². The van der Waals surface area contributed by atoms with Crippen LogP contribution in [0.5, 0.6) is 11.5 Å². The summed E-state index contributed by atoms with van der Waals surface area (Å²) in [6.07, 6.45) is 1.47. The molecule has 0 aliphatic rings. The van der Waals surface area contributed by atoms with E-state index >= 15 is 0 Å². The van der Waals surface area contributed by atoms with Crippen molar-refractivity contribution in [3.8, 4) is 17.6 Å². The van der Waals surface area contributed by atoms with Gasteiger partial charge in [-0.2, -0.15) is 5.26 Å². The molecule has 0 spiro atoms. The molecule has 0 fully saturated rings. The quantitative estimate of drug-likeness (QED) is 0.161. The van der Waals surface area contributed by atoms with Gasteiger partial charge in [-0.15, -0.1) is 0 Å². The summed E-state index contributed by atoms with van der Waals surface area (Å²) in [7, 11) is 1.48. The maximum atomic E-state index is 12.8. The monoisotopic (exact) mass is 535 g/mol. The fraction of sp³-hybridized carbons (Fsp3) is 0.154. The van der Waals surface area contributed by atoms with Crippen LogP contribution >= 0.6 is 15.9 Å². The molecule has 0 atom stereocenters. The molecular weight excluding hydrogens is 514 g/mol. The van der Waals surface area contributed by atoms with Gasteiger partial charge < -0.3 is 14.8 Å². The third-order valence-electron chi connectivity index (χ3n) is 5.18. The molecule has 3 rings (SSSR count). The molecule has 9 heteroatoms. The van der Waals surface area contributed by atoms with E-state index in [1.807, 2.05) is 38.1 Å². The molecule has 0 heterocycles. The molecule has 3 aromatic rings. The number of carbonyl (C=O) groups excluding carboxylic acids is 1. The summed E-state index contributed by atoms with van der Waals surface area (Å²) in [6.45, 7) is 3.93. The second kappa shape index (κ2) is 11.3. The Labute approximate surface area is 211 Å². The van der Waals surface area contributed by atoms with E-state index in [4.69, 9.17) is 9.47 Å². The van der Waals surface area contributed by atoms with E-state index in [1.165, 1.54) is 25.3 Å². The van der Waals surface area contributed by atoms with Gasteiger partial charge in [-0.05, 0) is 82.4 Å². The van der Waals surface area contributed by atoms with Crippen molar-refractivity contribution in [3.63, 3.8) is 0 Å². The summed E-state index contributed by atoms with van der Waals surface area (Å²) in [6, 6.07) is 17.0. The molecule has 35 heavy (non-hydrogen) atoms. The van der Waals surface area contributed by atoms with Crippen LogP contribution in [0.3, 0.4) is 0 Å². The number of hydrogen-bond acceptors (Lipinski definition) is 6. The minimum absolute atomic E-state index is 0.00132. The van der Waals surface area contributed by atoms with Gasteiger partial charge in [-0.25, -0.2) is 0 Å². The Morgan fingerprint density at radius 3 is 2.40 bits per heavy atom. The van der Waals surface area contributed by atoms with Crippen molar-refractivity contribution < 1.29 is 19.2 Å². The molecule has 0 saturated carbocycles. The molecule has 1 N–H and O–H groups in total. The van der Waals surface area contributed by atoms with Crippen molar-refractivity contribution in [2.75, 3.05) is 12.4 Å². The van der Waals surface area contributed by atoms with Crippen molar-refractivity contribution in [1.82, 2.24) is 0 Å². The summed E-state index contributed by atoms with van der Waals surface area (Å²) >= 11 is 3.46. The van der Waals surface area contributed by atoms with E-state index in [2.05, 4.69) is 21.2 Å². The Morgan fingerprint density at radius 2 is 1.83 bits per heavy atom. The van der Waals surface area contributed by atoms with Crippen LogP contribution < -0.4 is 14.8 Å². The van der Waals surface area contributed by atoms with Crippen LogP contribution in [0.25, 0.3) is 6.08 Å². The average Bonchev–Trinajstić information content (AvgIpc) is 2.84. The standard InChI is InChI=1S/C26H22BrN3O5/c1-16-5-4-6-17(2)24(16)29-26(31)20(14-28)11-19-12-22(27)25(23(13-19)34-3)35-15-18-7-9-21(10-8-18)30(32)33/h4-13H,15H2,1-3H3,(H,29,31)/b20-11-. The summed E-state index contributed by atoms with van der Waals surface area (Å²) in [5.41, 5.74) is 3.70. The number of hydrogen-bond donors (Lipinski definition) is 1. The highest BCUT2D eigenvalue weighted by molar-refractivity contribution is 9.10. The third-order valence-corrected chi connectivity index (χ3v) is 5.77. The molecule has 0 radical (unpaired) electrons. The number of nitro groups is 1. The number of halogens is 1. The van der Waals surface area contributed by atoms with Crippen molar-refractivity contribution in [2.24, 2.45) is 0 Å². The number of ether oxygens (including phenoxy) is 2. The lowest BCUT2D eigenvalue weighted by molar-refractivity contribution is -0.384. The van der Waals surface area contributed by atoms with E-state index in [0.717, 1.165) is 16.7 Å². The first-order chi connectivity index (χ1) is 16.7. The number of aryl methyl sites for hydroxylation is 2.